The van der Waals surface area contributed by atoms with Gasteiger partial charge in [0.1, 0.15) is 22.7 Å². The Morgan fingerprint density at radius 1 is 1.33 bits per heavy atom. The molecule has 0 aliphatic carbocycles. The zero-order valence-corrected chi connectivity index (χ0v) is 16.0. The number of aromatic nitrogens is 2. The summed E-state index contributed by atoms with van der Waals surface area (Å²) < 4.78 is 8.07. The van der Waals surface area contributed by atoms with Crippen molar-refractivity contribution in [1.82, 2.24) is 14.3 Å². The number of hydrogen-bond acceptors (Lipinski definition) is 4. The lowest BCUT2D eigenvalue weighted by molar-refractivity contribution is 0.151. The van der Waals surface area contributed by atoms with Crippen LogP contribution in [0.15, 0.2) is 42.9 Å². The van der Waals surface area contributed by atoms with Crippen LogP contribution < -0.4 is 4.74 Å². The van der Waals surface area contributed by atoms with Crippen molar-refractivity contribution in [2.45, 2.75) is 12.8 Å². The first-order valence-corrected chi connectivity index (χ1v) is 9.50. The second kappa shape index (κ2) is 7.59. The van der Waals surface area contributed by atoms with E-state index >= 15 is 0 Å². The van der Waals surface area contributed by atoms with E-state index in [1.54, 1.807) is 24.7 Å². The number of benzene rings is 1. The Bertz CT molecular complexity index is 990. The number of pyridine rings is 1. The standard InChI is InChI=1S/C21H21ClN4O/c1-25-8-2-3-16(12-25)13-27-20-9-18(17-6-4-15(10-23)5-7-17)21(22)26-14-24-11-19(20)26/h4-7,9,11,14,16H,2-3,8,12-13H2,1H3. The summed E-state index contributed by atoms with van der Waals surface area (Å²) in [6.45, 7) is 2.90. The van der Waals surface area contributed by atoms with Crippen LogP contribution in [0.2, 0.25) is 5.15 Å². The molecule has 0 N–H and O–H groups in total. The third-order valence-electron chi connectivity index (χ3n) is 5.12. The summed E-state index contributed by atoms with van der Waals surface area (Å²) in [5, 5.41) is 9.59. The molecular weight excluding hydrogens is 360 g/mol. The Balaban J connectivity index is 1.66. The second-order valence-corrected chi connectivity index (χ2v) is 7.49. The van der Waals surface area contributed by atoms with Crippen LogP contribution in [0.4, 0.5) is 0 Å². The average molecular weight is 381 g/mol. The van der Waals surface area contributed by atoms with E-state index in [0.717, 1.165) is 35.5 Å². The van der Waals surface area contributed by atoms with Crippen molar-refractivity contribution in [3.63, 3.8) is 0 Å². The molecule has 1 aromatic carbocycles. The van der Waals surface area contributed by atoms with E-state index in [4.69, 9.17) is 21.6 Å². The number of ether oxygens (including phenoxy) is 1. The van der Waals surface area contributed by atoms with Gasteiger partial charge < -0.3 is 9.64 Å². The van der Waals surface area contributed by atoms with E-state index in [2.05, 4.69) is 23.0 Å². The summed E-state index contributed by atoms with van der Waals surface area (Å²) in [4.78, 5) is 6.60. The zero-order chi connectivity index (χ0) is 18.8. The summed E-state index contributed by atoms with van der Waals surface area (Å²) in [6.07, 6.45) is 5.88. The van der Waals surface area contributed by atoms with Crippen molar-refractivity contribution < 1.29 is 4.74 Å². The highest BCUT2D eigenvalue weighted by atomic mass is 35.5. The van der Waals surface area contributed by atoms with Gasteiger partial charge in [-0.25, -0.2) is 4.98 Å². The number of hydrogen-bond donors (Lipinski definition) is 0. The first kappa shape index (κ1) is 17.8. The SMILES string of the molecule is CN1CCCC(COc2cc(-c3ccc(C#N)cc3)c(Cl)n3cncc23)C1. The molecule has 0 amide bonds. The number of piperidine rings is 1. The minimum Gasteiger partial charge on any atom is -0.491 e. The molecule has 0 radical (unpaired) electrons. The van der Waals surface area contributed by atoms with E-state index in [0.29, 0.717) is 23.2 Å². The molecule has 2 aromatic heterocycles. The van der Waals surface area contributed by atoms with E-state index in [1.165, 1.54) is 12.8 Å². The van der Waals surface area contributed by atoms with Crippen molar-refractivity contribution in [2.75, 3.05) is 26.7 Å². The molecule has 3 heterocycles. The van der Waals surface area contributed by atoms with Gasteiger partial charge in [0.15, 0.2) is 0 Å². The Morgan fingerprint density at radius 3 is 2.89 bits per heavy atom. The predicted molar refractivity (Wildman–Crippen MR) is 106 cm³/mol. The number of fused-ring (bicyclic) bond motifs is 1. The van der Waals surface area contributed by atoms with Gasteiger partial charge >= 0.3 is 0 Å². The van der Waals surface area contributed by atoms with Gasteiger partial charge in [-0.2, -0.15) is 5.26 Å². The fourth-order valence-corrected chi connectivity index (χ4v) is 3.99. The summed E-state index contributed by atoms with van der Waals surface area (Å²) in [6, 6.07) is 11.5. The first-order valence-electron chi connectivity index (χ1n) is 9.12. The molecule has 6 heteroatoms. The topological polar surface area (TPSA) is 53.6 Å². The van der Waals surface area contributed by atoms with Crippen LogP contribution in [0.3, 0.4) is 0 Å². The van der Waals surface area contributed by atoms with Gasteiger partial charge in [-0.05, 0) is 50.2 Å². The molecule has 1 saturated heterocycles. The highest BCUT2D eigenvalue weighted by Crippen LogP contribution is 2.35. The largest absolute Gasteiger partial charge is 0.491 e. The summed E-state index contributed by atoms with van der Waals surface area (Å²) in [5.41, 5.74) is 3.29. The molecule has 0 saturated carbocycles. The molecular formula is C21H21ClN4O. The molecule has 3 aromatic rings. The molecule has 1 aliphatic heterocycles. The number of rotatable bonds is 4. The van der Waals surface area contributed by atoms with Crippen LogP contribution in [0.5, 0.6) is 5.75 Å². The van der Waals surface area contributed by atoms with Gasteiger partial charge in [0.2, 0.25) is 0 Å². The summed E-state index contributed by atoms with van der Waals surface area (Å²) >= 11 is 6.63. The molecule has 5 nitrogen and oxygen atoms in total. The van der Waals surface area contributed by atoms with E-state index in [1.807, 2.05) is 22.6 Å². The number of nitriles is 1. The van der Waals surface area contributed by atoms with Gasteiger partial charge in [0.25, 0.3) is 0 Å². The van der Waals surface area contributed by atoms with Crippen molar-refractivity contribution in [1.29, 1.82) is 5.26 Å². The van der Waals surface area contributed by atoms with E-state index < -0.39 is 0 Å². The van der Waals surface area contributed by atoms with Gasteiger partial charge in [-0.1, -0.05) is 23.7 Å². The fourth-order valence-electron chi connectivity index (χ4n) is 3.69. The molecule has 0 bridgehead atoms. The predicted octanol–water partition coefficient (Wildman–Crippen LogP) is 4.25. The van der Waals surface area contributed by atoms with E-state index in [-0.39, 0.29) is 0 Å². The second-order valence-electron chi connectivity index (χ2n) is 7.13. The number of nitrogens with zero attached hydrogens (tertiary/aromatic N) is 4. The van der Waals surface area contributed by atoms with Crippen LogP contribution in [0, 0.1) is 17.2 Å². The smallest absolute Gasteiger partial charge is 0.145 e. The van der Waals surface area contributed by atoms with Gasteiger partial charge in [0.05, 0.1) is 24.4 Å². The molecule has 1 fully saturated rings. The first-order chi connectivity index (χ1) is 13.2. The minimum atomic E-state index is 0.528. The van der Waals surface area contributed by atoms with Gasteiger partial charge in [-0.3, -0.25) is 4.40 Å². The third-order valence-corrected chi connectivity index (χ3v) is 5.51. The maximum absolute atomic E-state index is 9.01. The quantitative estimate of drug-likeness (QED) is 0.635. The molecule has 1 aliphatic rings. The lowest BCUT2D eigenvalue weighted by atomic mass is 9.99. The Labute approximate surface area is 163 Å². The van der Waals surface area contributed by atoms with Crippen LogP contribution in [-0.4, -0.2) is 41.0 Å². The summed E-state index contributed by atoms with van der Waals surface area (Å²) in [7, 11) is 2.16. The zero-order valence-electron chi connectivity index (χ0n) is 15.2. The van der Waals surface area contributed by atoms with Crippen molar-refractivity contribution in [2.24, 2.45) is 5.92 Å². The number of imidazole rings is 1. The van der Waals surface area contributed by atoms with Crippen LogP contribution in [0.1, 0.15) is 18.4 Å². The lowest BCUT2D eigenvalue weighted by Gasteiger charge is -2.29. The van der Waals surface area contributed by atoms with Crippen molar-refractivity contribution in [3.05, 3.63) is 53.6 Å². The molecule has 138 valence electrons. The Kier molecular flexibility index (Phi) is 5.02. The van der Waals surface area contributed by atoms with Crippen LogP contribution in [0.25, 0.3) is 16.6 Å². The minimum absolute atomic E-state index is 0.528. The van der Waals surface area contributed by atoms with Crippen molar-refractivity contribution >= 4 is 17.1 Å². The highest BCUT2D eigenvalue weighted by Gasteiger charge is 2.19. The van der Waals surface area contributed by atoms with Crippen LogP contribution >= 0.6 is 11.6 Å². The normalized spacial score (nSPS) is 17.7. The Morgan fingerprint density at radius 2 is 2.15 bits per heavy atom. The van der Waals surface area contributed by atoms with Gasteiger partial charge in [0, 0.05) is 18.0 Å². The van der Waals surface area contributed by atoms with Gasteiger partial charge in [-0.15, -0.1) is 0 Å². The molecule has 0 spiro atoms. The molecule has 1 unspecified atom stereocenters. The molecule has 27 heavy (non-hydrogen) atoms. The average Bonchev–Trinajstić information content (AvgIpc) is 3.18. The maximum Gasteiger partial charge on any atom is 0.145 e. The Hall–Kier alpha value is -2.55. The number of likely N-dealkylation sites (tertiary alicyclic amines) is 1. The fraction of sp³-hybridized carbons (Fsp3) is 0.333. The van der Waals surface area contributed by atoms with Crippen molar-refractivity contribution in [3.8, 4) is 22.9 Å². The summed E-state index contributed by atoms with van der Waals surface area (Å²) in [5.74, 6) is 1.31. The maximum atomic E-state index is 9.01. The monoisotopic (exact) mass is 380 g/mol. The molecule has 1 atom stereocenters. The third kappa shape index (κ3) is 3.64. The molecule has 4 rings (SSSR count). The highest BCUT2D eigenvalue weighted by molar-refractivity contribution is 6.32. The lowest BCUT2D eigenvalue weighted by Crippen LogP contribution is -2.34. The van der Waals surface area contributed by atoms with E-state index in [9.17, 15) is 0 Å². The number of halogens is 1. The van der Waals surface area contributed by atoms with Crippen LogP contribution in [-0.2, 0) is 0 Å².